The number of nitrogens with zero attached hydrogens (tertiary/aromatic N) is 3. The fourth-order valence-corrected chi connectivity index (χ4v) is 0.830. The van der Waals surface area contributed by atoms with Crippen LogP contribution in [0.3, 0.4) is 0 Å². The van der Waals surface area contributed by atoms with Gasteiger partial charge in [0.05, 0.1) is 0 Å². The van der Waals surface area contributed by atoms with E-state index in [9.17, 15) is 9.59 Å². The predicted molar refractivity (Wildman–Crippen MR) is 65.5 cm³/mol. The maximum atomic E-state index is 9.99. The molecule has 0 radical (unpaired) electrons. The summed E-state index contributed by atoms with van der Waals surface area (Å²) in [6.45, 7) is 0. The zero-order chi connectivity index (χ0) is 15.0. The molecule has 0 aliphatic carbocycles. The van der Waals surface area contributed by atoms with E-state index in [1.54, 1.807) is 0 Å². The summed E-state index contributed by atoms with van der Waals surface area (Å²) >= 11 is 0. The van der Waals surface area contributed by atoms with Gasteiger partial charge in [0.15, 0.2) is 0 Å². The second kappa shape index (κ2) is 7.60. The Kier molecular flexibility index (Phi) is 6.52. The molecule has 0 saturated heterocycles. The normalized spacial score (nSPS) is 11.0. The van der Waals surface area contributed by atoms with E-state index in [1.807, 2.05) is 0 Å². The Bertz CT molecular complexity index is 402. The van der Waals surface area contributed by atoms with Gasteiger partial charge >= 0.3 is 11.9 Å². The lowest BCUT2D eigenvalue weighted by Gasteiger charge is -2.01. The Morgan fingerprint density at radius 1 is 1.00 bits per heavy atom. The van der Waals surface area contributed by atoms with E-state index >= 15 is 0 Å². The topological polar surface area (TPSA) is 217 Å². The first-order valence-corrected chi connectivity index (χ1v) is 4.95. The Balaban J connectivity index is 0.000000342. The molecule has 106 valence electrons. The van der Waals surface area contributed by atoms with Gasteiger partial charge in [-0.05, 0) is 6.42 Å². The summed E-state index contributed by atoms with van der Waals surface area (Å²) < 4.78 is 0. The van der Waals surface area contributed by atoms with Crippen LogP contribution in [0.5, 0.6) is 0 Å². The van der Waals surface area contributed by atoms with Crippen molar-refractivity contribution >= 4 is 29.8 Å². The lowest BCUT2D eigenvalue weighted by Crippen LogP contribution is -2.30. The van der Waals surface area contributed by atoms with E-state index in [2.05, 4.69) is 15.0 Å². The molecule has 11 nitrogen and oxygen atoms in total. The summed E-state index contributed by atoms with van der Waals surface area (Å²) in [6.07, 6.45) is -0.224. The van der Waals surface area contributed by atoms with Crippen LogP contribution in [0.25, 0.3) is 0 Å². The summed E-state index contributed by atoms with van der Waals surface area (Å²) in [5.74, 6) is -2.07. The number of aliphatic carboxylic acids is 2. The number of hydrogen-bond donors (Lipinski definition) is 6. The maximum absolute atomic E-state index is 9.99. The van der Waals surface area contributed by atoms with Crippen LogP contribution < -0.4 is 22.9 Å². The molecule has 19 heavy (non-hydrogen) atoms. The molecule has 1 aromatic heterocycles. The van der Waals surface area contributed by atoms with Crippen molar-refractivity contribution in [2.45, 2.75) is 18.9 Å². The molecule has 11 heteroatoms. The smallest absolute Gasteiger partial charge is 0.320 e. The molecule has 0 aromatic carbocycles. The highest BCUT2D eigenvalue weighted by Crippen LogP contribution is 1.97. The van der Waals surface area contributed by atoms with Gasteiger partial charge in [-0.1, -0.05) is 0 Å². The molecule has 0 aliphatic rings. The van der Waals surface area contributed by atoms with Gasteiger partial charge in [0, 0.05) is 6.42 Å². The molecule has 0 spiro atoms. The van der Waals surface area contributed by atoms with Gasteiger partial charge in [-0.25, -0.2) is 0 Å². The summed E-state index contributed by atoms with van der Waals surface area (Å²) in [7, 11) is 0. The lowest BCUT2D eigenvalue weighted by molar-refractivity contribution is -0.139. The summed E-state index contributed by atoms with van der Waals surface area (Å²) in [5.41, 5.74) is 20.4. The zero-order valence-electron chi connectivity index (χ0n) is 9.85. The lowest BCUT2D eigenvalue weighted by atomic mass is 10.2. The van der Waals surface area contributed by atoms with Crippen molar-refractivity contribution in [3.63, 3.8) is 0 Å². The third kappa shape index (κ3) is 8.09. The minimum Gasteiger partial charge on any atom is -0.481 e. The van der Waals surface area contributed by atoms with Crippen LogP contribution in [0.4, 0.5) is 17.8 Å². The number of aromatic nitrogens is 3. The van der Waals surface area contributed by atoms with E-state index in [0.29, 0.717) is 0 Å². The van der Waals surface area contributed by atoms with Gasteiger partial charge in [0.1, 0.15) is 6.04 Å². The Hall–Kier alpha value is -2.69. The maximum Gasteiger partial charge on any atom is 0.320 e. The Morgan fingerprint density at radius 3 is 1.63 bits per heavy atom. The first-order valence-electron chi connectivity index (χ1n) is 4.95. The van der Waals surface area contributed by atoms with Crippen molar-refractivity contribution in [3.05, 3.63) is 0 Å². The molecule has 0 fully saturated rings. The summed E-state index contributed by atoms with van der Waals surface area (Å²) in [6, 6.07) is -1.06. The predicted octanol–water partition coefficient (Wildman–Crippen LogP) is -2.12. The summed E-state index contributed by atoms with van der Waals surface area (Å²) in [5, 5.41) is 16.3. The molecule has 10 N–H and O–H groups in total. The van der Waals surface area contributed by atoms with Gasteiger partial charge in [-0.3, -0.25) is 9.59 Å². The molecular formula is C8H15N7O4. The van der Waals surface area contributed by atoms with Gasteiger partial charge in [0.2, 0.25) is 17.8 Å². The average Bonchev–Trinajstić information content (AvgIpc) is 2.24. The van der Waals surface area contributed by atoms with Gasteiger partial charge < -0.3 is 33.1 Å². The molecule has 1 aromatic rings. The van der Waals surface area contributed by atoms with Crippen molar-refractivity contribution in [2.75, 3.05) is 17.2 Å². The van der Waals surface area contributed by atoms with Crippen LogP contribution in [-0.4, -0.2) is 43.1 Å². The van der Waals surface area contributed by atoms with Gasteiger partial charge in [-0.15, -0.1) is 0 Å². The fourth-order valence-electron chi connectivity index (χ4n) is 0.830. The molecule has 0 bridgehead atoms. The number of carboxylic acids is 2. The van der Waals surface area contributed by atoms with E-state index < -0.39 is 18.0 Å². The molecule has 0 saturated carbocycles. The van der Waals surface area contributed by atoms with Crippen LogP contribution >= 0.6 is 0 Å². The monoisotopic (exact) mass is 273 g/mol. The quantitative estimate of drug-likeness (QED) is 0.348. The minimum atomic E-state index is -1.17. The van der Waals surface area contributed by atoms with E-state index in [1.165, 1.54) is 0 Å². The number of carbonyl (C=O) groups is 2. The fraction of sp³-hybridized carbons (Fsp3) is 0.375. The largest absolute Gasteiger partial charge is 0.481 e. The molecule has 1 rings (SSSR count). The average molecular weight is 273 g/mol. The Labute approximate surface area is 107 Å². The number of hydrogen-bond acceptors (Lipinski definition) is 9. The minimum absolute atomic E-state index is 0.0231. The van der Waals surface area contributed by atoms with E-state index in [-0.39, 0.29) is 30.7 Å². The van der Waals surface area contributed by atoms with Crippen molar-refractivity contribution < 1.29 is 19.8 Å². The number of anilines is 3. The van der Waals surface area contributed by atoms with Crippen LogP contribution in [0.2, 0.25) is 0 Å². The SMILES string of the molecule is N[C@@H](CCC(=O)O)C(=O)O.Nc1nc(N)nc(N)n1. The second-order valence-electron chi connectivity index (χ2n) is 3.29. The number of carboxylic acid groups (broad SMARTS) is 2. The number of rotatable bonds is 4. The van der Waals surface area contributed by atoms with E-state index in [0.717, 1.165) is 0 Å². The van der Waals surface area contributed by atoms with Gasteiger partial charge in [-0.2, -0.15) is 15.0 Å². The van der Waals surface area contributed by atoms with Crippen molar-refractivity contribution in [2.24, 2.45) is 5.73 Å². The molecular weight excluding hydrogens is 258 g/mol. The standard InChI is InChI=1S/C5H9NO4.C3H6N6/c6-3(5(9)10)1-2-4(7)8;4-1-7-2(5)9-3(6)8-1/h3H,1-2,6H2,(H,7,8)(H,9,10);(H6,4,5,6,7,8,9)/t3-;/m0./s1. The highest BCUT2D eigenvalue weighted by Gasteiger charge is 2.12. The number of nitrogen functional groups attached to an aromatic ring is 3. The number of nitrogens with two attached hydrogens (primary N) is 4. The highest BCUT2D eigenvalue weighted by atomic mass is 16.4. The second-order valence-corrected chi connectivity index (χ2v) is 3.29. The van der Waals surface area contributed by atoms with Crippen LogP contribution in [-0.2, 0) is 9.59 Å². The molecule has 0 aliphatic heterocycles. The van der Waals surface area contributed by atoms with Crippen molar-refractivity contribution in [3.8, 4) is 0 Å². The first-order chi connectivity index (χ1) is 8.72. The molecule has 1 heterocycles. The molecule has 0 amide bonds. The molecule has 1 atom stereocenters. The van der Waals surface area contributed by atoms with Crippen LogP contribution in [0, 0.1) is 0 Å². The third-order valence-corrected chi connectivity index (χ3v) is 1.67. The highest BCUT2D eigenvalue weighted by molar-refractivity contribution is 5.74. The van der Waals surface area contributed by atoms with Crippen LogP contribution in [0.15, 0.2) is 0 Å². The Morgan fingerprint density at radius 2 is 1.37 bits per heavy atom. The van der Waals surface area contributed by atoms with Crippen LogP contribution in [0.1, 0.15) is 12.8 Å². The first kappa shape index (κ1) is 16.3. The summed E-state index contributed by atoms with van der Waals surface area (Å²) in [4.78, 5) is 30.3. The molecule has 0 unspecified atom stereocenters. The van der Waals surface area contributed by atoms with E-state index in [4.69, 9.17) is 33.1 Å². The zero-order valence-corrected chi connectivity index (χ0v) is 9.85. The van der Waals surface area contributed by atoms with Gasteiger partial charge in [0.25, 0.3) is 0 Å². The van der Waals surface area contributed by atoms with Crippen molar-refractivity contribution in [1.82, 2.24) is 15.0 Å². The van der Waals surface area contributed by atoms with Crippen molar-refractivity contribution in [1.29, 1.82) is 0 Å². The third-order valence-electron chi connectivity index (χ3n) is 1.67.